The van der Waals surface area contributed by atoms with Gasteiger partial charge in [0.15, 0.2) is 12.6 Å². The fraction of sp³-hybridized carbons (Fsp3) is 0.629. The number of esters is 1. The Bertz CT molecular complexity index is 1170. The molecule has 8 unspecified atom stereocenters. The normalized spacial score (nSPS) is 28.6. The molecule has 6 rings (SSSR count). The molecule has 0 radical (unpaired) electrons. The molecule has 2 aromatic carbocycles. The van der Waals surface area contributed by atoms with Gasteiger partial charge in [-0.25, -0.2) is 4.79 Å². The number of ether oxygens (including phenoxy) is 7. The number of epoxide rings is 2. The third-order valence-electron chi connectivity index (χ3n) is 8.97. The molecule has 0 aromatic heterocycles. The molecule has 4 fully saturated rings. The molecule has 0 bridgehead atoms. The summed E-state index contributed by atoms with van der Waals surface area (Å²) in [5.74, 6) is 2.44. The van der Waals surface area contributed by atoms with Gasteiger partial charge in [-0.1, -0.05) is 26.7 Å². The smallest absolute Gasteiger partial charge is 0.343 e. The van der Waals surface area contributed by atoms with Gasteiger partial charge in [-0.3, -0.25) is 0 Å². The van der Waals surface area contributed by atoms with E-state index in [-0.39, 0.29) is 12.6 Å². The molecule has 0 spiro atoms. The van der Waals surface area contributed by atoms with E-state index in [1.807, 2.05) is 12.1 Å². The van der Waals surface area contributed by atoms with Gasteiger partial charge in [0, 0.05) is 12.8 Å². The van der Waals surface area contributed by atoms with Crippen LogP contribution in [0.2, 0.25) is 0 Å². The van der Waals surface area contributed by atoms with Gasteiger partial charge in [-0.2, -0.15) is 0 Å². The lowest BCUT2D eigenvalue weighted by molar-refractivity contribution is -0.0983. The Balaban J connectivity index is 0.946. The van der Waals surface area contributed by atoms with Crippen LogP contribution in [0.5, 0.6) is 17.2 Å². The van der Waals surface area contributed by atoms with Crippen molar-refractivity contribution in [2.75, 3.05) is 13.2 Å². The fourth-order valence-corrected chi connectivity index (χ4v) is 6.31. The van der Waals surface area contributed by atoms with Crippen molar-refractivity contribution in [3.8, 4) is 17.2 Å². The molecule has 0 N–H and O–H groups in total. The standard InChI is InChI=1S/C35H46O8/c1-3-5-33(37-21-23-7-17-29-31(19-23)42-29)39-26-11-9-25(10-12-26)35(36)41-28-15-13-27(14-16-28)40-34(6-4-2)38-22-24-8-18-30-32(20-24)43-30/h9-16,23-24,29-34H,3-8,17-22H2,1-2H3. The van der Waals surface area contributed by atoms with E-state index in [1.165, 1.54) is 0 Å². The molecule has 2 aromatic rings. The molecule has 2 aliphatic heterocycles. The molecule has 8 heteroatoms. The van der Waals surface area contributed by atoms with E-state index >= 15 is 0 Å². The Morgan fingerprint density at radius 2 is 1.14 bits per heavy atom. The highest BCUT2D eigenvalue weighted by atomic mass is 16.7. The predicted molar refractivity (Wildman–Crippen MR) is 160 cm³/mol. The van der Waals surface area contributed by atoms with Gasteiger partial charge in [0.2, 0.25) is 0 Å². The number of hydrogen-bond acceptors (Lipinski definition) is 8. The predicted octanol–water partition coefficient (Wildman–Crippen LogP) is 7.08. The van der Waals surface area contributed by atoms with Crippen molar-refractivity contribution < 1.29 is 38.0 Å². The summed E-state index contributed by atoms with van der Waals surface area (Å²) < 4.78 is 41.5. The third kappa shape index (κ3) is 8.72. The number of rotatable bonds is 16. The maximum absolute atomic E-state index is 12.8. The van der Waals surface area contributed by atoms with E-state index in [0.29, 0.717) is 72.3 Å². The monoisotopic (exact) mass is 594 g/mol. The lowest BCUT2D eigenvalue weighted by atomic mass is 9.90. The summed E-state index contributed by atoms with van der Waals surface area (Å²) >= 11 is 0. The first-order chi connectivity index (χ1) is 21.1. The fourth-order valence-electron chi connectivity index (χ4n) is 6.31. The van der Waals surface area contributed by atoms with E-state index < -0.39 is 5.97 Å². The summed E-state index contributed by atoms with van der Waals surface area (Å²) in [6.07, 6.45) is 11.6. The second kappa shape index (κ2) is 14.4. The van der Waals surface area contributed by atoms with Gasteiger partial charge in [-0.15, -0.1) is 0 Å². The Labute approximate surface area is 255 Å². The second-order valence-corrected chi connectivity index (χ2v) is 12.5. The quantitative estimate of drug-likeness (QED) is 0.0882. The molecule has 8 atom stereocenters. The first-order valence-electron chi connectivity index (χ1n) is 16.4. The van der Waals surface area contributed by atoms with Gasteiger partial charge in [0.25, 0.3) is 0 Å². The summed E-state index contributed by atoms with van der Waals surface area (Å²) in [4.78, 5) is 12.8. The first kappa shape index (κ1) is 30.4. The Kier molecular flexibility index (Phi) is 10.2. The minimum atomic E-state index is -0.430. The molecule has 2 saturated heterocycles. The van der Waals surface area contributed by atoms with E-state index in [1.54, 1.807) is 36.4 Å². The largest absolute Gasteiger partial charge is 0.465 e. The molecule has 2 aliphatic carbocycles. The second-order valence-electron chi connectivity index (χ2n) is 12.5. The van der Waals surface area contributed by atoms with Crippen molar-refractivity contribution >= 4 is 5.97 Å². The zero-order valence-corrected chi connectivity index (χ0v) is 25.5. The average Bonchev–Trinajstić information content (AvgIpc) is 3.95. The maximum atomic E-state index is 12.8. The summed E-state index contributed by atoms with van der Waals surface area (Å²) in [6, 6.07) is 14.1. The van der Waals surface area contributed by atoms with Crippen LogP contribution in [0.15, 0.2) is 48.5 Å². The number of hydrogen-bond donors (Lipinski definition) is 0. The van der Waals surface area contributed by atoms with Gasteiger partial charge >= 0.3 is 5.97 Å². The van der Waals surface area contributed by atoms with Crippen LogP contribution in [0.4, 0.5) is 0 Å². The van der Waals surface area contributed by atoms with E-state index in [0.717, 1.165) is 64.2 Å². The molecular weight excluding hydrogens is 548 g/mol. The molecule has 0 amide bonds. The van der Waals surface area contributed by atoms with Crippen LogP contribution in [0.25, 0.3) is 0 Å². The van der Waals surface area contributed by atoms with Crippen LogP contribution in [0.1, 0.15) is 88.4 Å². The van der Waals surface area contributed by atoms with E-state index in [9.17, 15) is 4.79 Å². The van der Waals surface area contributed by atoms with Crippen molar-refractivity contribution in [1.82, 2.24) is 0 Å². The third-order valence-corrected chi connectivity index (χ3v) is 8.97. The van der Waals surface area contributed by atoms with E-state index in [4.69, 9.17) is 33.2 Å². The van der Waals surface area contributed by atoms with Crippen molar-refractivity contribution in [2.24, 2.45) is 11.8 Å². The van der Waals surface area contributed by atoms with Crippen LogP contribution in [0, 0.1) is 11.8 Å². The Morgan fingerprint density at radius 1 is 0.674 bits per heavy atom. The lowest BCUT2D eigenvalue weighted by Gasteiger charge is -2.24. The highest BCUT2D eigenvalue weighted by Gasteiger charge is 2.44. The average molecular weight is 595 g/mol. The van der Waals surface area contributed by atoms with Crippen LogP contribution in [0.3, 0.4) is 0 Å². The highest BCUT2D eigenvalue weighted by molar-refractivity contribution is 5.91. The molecular formula is C35H46O8. The van der Waals surface area contributed by atoms with Gasteiger partial charge in [0.05, 0.1) is 43.2 Å². The van der Waals surface area contributed by atoms with Crippen LogP contribution >= 0.6 is 0 Å². The summed E-state index contributed by atoms with van der Waals surface area (Å²) in [5.41, 5.74) is 0.448. The summed E-state index contributed by atoms with van der Waals surface area (Å²) in [5, 5.41) is 0. The lowest BCUT2D eigenvalue weighted by Crippen LogP contribution is -2.26. The zero-order valence-electron chi connectivity index (χ0n) is 25.5. The molecule has 43 heavy (non-hydrogen) atoms. The molecule has 4 aliphatic rings. The van der Waals surface area contributed by atoms with Crippen molar-refractivity contribution in [3.05, 3.63) is 54.1 Å². The van der Waals surface area contributed by atoms with E-state index in [2.05, 4.69) is 13.8 Å². The minimum Gasteiger partial charge on any atom is -0.465 e. The van der Waals surface area contributed by atoms with Crippen LogP contribution < -0.4 is 14.2 Å². The SMILES string of the molecule is CCCC(OCC1CCC2OC2C1)Oc1ccc(OC(=O)c2ccc(OC(CCC)OCC3CCC4OC4C3)cc2)cc1. The Morgan fingerprint density at radius 3 is 1.60 bits per heavy atom. The summed E-state index contributed by atoms with van der Waals surface area (Å²) in [7, 11) is 0. The van der Waals surface area contributed by atoms with Crippen molar-refractivity contribution in [1.29, 1.82) is 0 Å². The summed E-state index contributed by atoms with van der Waals surface area (Å²) in [6.45, 7) is 5.63. The Hall–Kier alpha value is -2.65. The molecule has 2 heterocycles. The van der Waals surface area contributed by atoms with Gasteiger partial charge in [0.1, 0.15) is 17.2 Å². The maximum Gasteiger partial charge on any atom is 0.343 e. The minimum absolute atomic E-state index is 0.299. The number of carbonyl (C=O) groups is 1. The number of carbonyl (C=O) groups excluding carboxylic acids is 1. The van der Waals surface area contributed by atoms with Gasteiger partial charge in [-0.05, 0) is 98.9 Å². The molecule has 8 nitrogen and oxygen atoms in total. The van der Waals surface area contributed by atoms with Crippen molar-refractivity contribution in [2.45, 2.75) is 115 Å². The van der Waals surface area contributed by atoms with Crippen molar-refractivity contribution in [3.63, 3.8) is 0 Å². The zero-order chi connectivity index (χ0) is 29.6. The molecule has 2 saturated carbocycles. The highest BCUT2D eigenvalue weighted by Crippen LogP contribution is 2.40. The number of fused-ring (bicyclic) bond motifs is 2. The first-order valence-corrected chi connectivity index (χ1v) is 16.4. The molecule has 234 valence electrons. The van der Waals surface area contributed by atoms with Crippen LogP contribution in [-0.4, -0.2) is 56.2 Å². The van der Waals surface area contributed by atoms with Gasteiger partial charge < -0.3 is 33.2 Å². The van der Waals surface area contributed by atoms with Crippen LogP contribution in [-0.2, 0) is 18.9 Å². The number of benzene rings is 2. The topological polar surface area (TPSA) is 88.3 Å².